The van der Waals surface area contributed by atoms with Crippen molar-refractivity contribution < 1.29 is 17.6 Å². The molecule has 0 heterocycles. The van der Waals surface area contributed by atoms with Crippen LogP contribution in [0.3, 0.4) is 0 Å². The molecule has 0 nitrogen and oxygen atoms in total. The summed E-state index contributed by atoms with van der Waals surface area (Å²) in [5, 5.41) is 0. The normalized spacial score (nSPS) is 36.1. The Balaban J connectivity index is 2.32. The largest absolute Gasteiger partial charge is 0.239 e. The maximum absolute atomic E-state index is 13.9. The van der Waals surface area contributed by atoms with Gasteiger partial charge >= 0.3 is 0 Å². The van der Waals surface area contributed by atoms with Crippen LogP contribution >= 0.6 is 0 Å². The molecule has 3 atom stereocenters. The first kappa shape index (κ1) is 14.4. The van der Waals surface area contributed by atoms with Crippen LogP contribution in [0.5, 0.6) is 0 Å². The quantitative estimate of drug-likeness (QED) is 0.474. The number of halogens is 4. The summed E-state index contributed by atoms with van der Waals surface area (Å²) in [5.41, 5.74) is -1.27. The molecule has 0 aliphatic heterocycles. The zero-order chi connectivity index (χ0) is 14.2. The molecule has 3 unspecified atom stereocenters. The van der Waals surface area contributed by atoms with Crippen LogP contribution in [0, 0.1) is 5.41 Å². The van der Waals surface area contributed by atoms with Crippen molar-refractivity contribution in [3.63, 3.8) is 0 Å². The highest BCUT2D eigenvalue weighted by Crippen LogP contribution is 2.44. The molecule has 0 fully saturated rings. The summed E-state index contributed by atoms with van der Waals surface area (Å²) in [6.07, 6.45) is 2.37. The van der Waals surface area contributed by atoms with E-state index in [2.05, 4.69) is 0 Å². The van der Waals surface area contributed by atoms with Gasteiger partial charge < -0.3 is 0 Å². The van der Waals surface area contributed by atoms with Gasteiger partial charge in [-0.3, -0.25) is 0 Å². The van der Waals surface area contributed by atoms with Crippen molar-refractivity contribution in [1.29, 1.82) is 0 Å². The van der Waals surface area contributed by atoms with Crippen LogP contribution in [0.4, 0.5) is 17.6 Å². The lowest BCUT2D eigenvalue weighted by Gasteiger charge is -2.33. The maximum Gasteiger partial charge on any atom is 0.161 e. The minimum Gasteiger partial charge on any atom is -0.239 e. The molecular formula is C15H18F4. The Morgan fingerprint density at radius 3 is 2.47 bits per heavy atom. The van der Waals surface area contributed by atoms with Crippen LogP contribution in [0.25, 0.3) is 0 Å². The first-order chi connectivity index (χ1) is 8.86. The van der Waals surface area contributed by atoms with Crippen LogP contribution in [-0.2, 0) is 0 Å². The van der Waals surface area contributed by atoms with Gasteiger partial charge in [0, 0.05) is 11.1 Å². The highest BCUT2D eigenvalue weighted by molar-refractivity contribution is 5.40. The van der Waals surface area contributed by atoms with Crippen molar-refractivity contribution >= 4 is 0 Å². The second-order valence-electron chi connectivity index (χ2n) is 5.77. The van der Waals surface area contributed by atoms with Crippen molar-refractivity contribution in [3.05, 3.63) is 35.0 Å². The summed E-state index contributed by atoms with van der Waals surface area (Å²) >= 11 is 0. The summed E-state index contributed by atoms with van der Waals surface area (Å²) in [4.78, 5) is 0. The average molecular weight is 274 g/mol. The number of rotatable bonds is 2. The summed E-state index contributed by atoms with van der Waals surface area (Å²) in [7, 11) is 0. The van der Waals surface area contributed by atoms with Crippen LogP contribution in [0.1, 0.15) is 39.5 Å². The molecule has 0 bridgehead atoms. The van der Waals surface area contributed by atoms with Crippen LogP contribution in [-0.4, -0.2) is 12.3 Å². The van der Waals surface area contributed by atoms with Crippen molar-refractivity contribution in [2.24, 2.45) is 5.41 Å². The van der Waals surface area contributed by atoms with Gasteiger partial charge in [-0.25, -0.2) is 17.6 Å². The monoisotopic (exact) mass is 274 g/mol. The Morgan fingerprint density at radius 2 is 1.89 bits per heavy atom. The fourth-order valence-electron chi connectivity index (χ4n) is 2.78. The first-order valence-electron chi connectivity index (χ1n) is 6.57. The van der Waals surface area contributed by atoms with Gasteiger partial charge in [-0.15, -0.1) is 0 Å². The average Bonchev–Trinajstić information content (AvgIpc) is 2.40. The van der Waals surface area contributed by atoms with Crippen molar-refractivity contribution in [2.75, 3.05) is 0 Å². The molecule has 2 aliphatic carbocycles. The molecule has 0 radical (unpaired) electrons. The van der Waals surface area contributed by atoms with Crippen molar-refractivity contribution in [3.8, 4) is 0 Å². The van der Waals surface area contributed by atoms with Gasteiger partial charge in [-0.05, 0) is 38.0 Å². The third kappa shape index (κ3) is 2.63. The fraction of sp³-hybridized carbons (Fsp3) is 0.600. The molecule has 0 saturated carbocycles. The van der Waals surface area contributed by atoms with Gasteiger partial charge in [-0.2, -0.15) is 0 Å². The molecule has 2 aliphatic rings. The third-order valence-electron chi connectivity index (χ3n) is 4.06. The van der Waals surface area contributed by atoms with E-state index in [0.717, 1.165) is 26.2 Å². The summed E-state index contributed by atoms with van der Waals surface area (Å²) in [5.74, 6) is -2.45. The Hall–Kier alpha value is -1.06. The third-order valence-corrected chi connectivity index (χ3v) is 4.06. The van der Waals surface area contributed by atoms with E-state index in [-0.39, 0.29) is 12.0 Å². The highest BCUT2D eigenvalue weighted by Gasteiger charge is 2.39. The summed E-state index contributed by atoms with van der Waals surface area (Å²) in [6, 6.07) is 0. The SMILES string of the molecule is CC1=C(F)C(F)=C(CC2(C)C=CCCC2)C(F)C1F. The fourth-order valence-corrected chi connectivity index (χ4v) is 2.78. The smallest absolute Gasteiger partial charge is 0.161 e. The van der Waals surface area contributed by atoms with E-state index < -0.39 is 35.0 Å². The minimum absolute atomic E-state index is 0.0254. The standard InChI is InChI=1S/C15H18F4/c1-9-11(16)13(18)10(14(19)12(9)17)8-15(2)6-4-3-5-7-15/h4,6,11,13H,3,5,7-8H2,1-2H3. The molecule has 0 spiro atoms. The molecular weight excluding hydrogens is 256 g/mol. The van der Waals surface area contributed by atoms with E-state index in [1.807, 2.05) is 19.1 Å². The predicted octanol–water partition coefficient (Wildman–Crippen LogP) is 5.28. The Kier molecular flexibility index (Phi) is 3.88. The van der Waals surface area contributed by atoms with Gasteiger partial charge in [0.1, 0.15) is 0 Å². The van der Waals surface area contributed by atoms with E-state index >= 15 is 0 Å². The maximum atomic E-state index is 13.9. The highest BCUT2D eigenvalue weighted by atomic mass is 19.2. The van der Waals surface area contributed by atoms with Crippen LogP contribution in [0.2, 0.25) is 0 Å². The van der Waals surface area contributed by atoms with E-state index in [0.29, 0.717) is 0 Å². The molecule has 0 aromatic carbocycles. The van der Waals surface area contributed by atoms with Crippen LogP contribution in [0.15, 0.2) is 35.0 Å². The molecule has 106 valence electrons. The number of hydrogen-bond acceptors (Lipinski definition) is 0. The first-order valence-corrected chi connectivity index (χ1v) is 6.57. The van der Waals surface area contributed by atoms with Gasteiger partial charge in [0.25, 0.3) is 0 Å². The molecule has 0 aromatic rings. The molecule has 19 heavy (non-hydrogen) atoms. The van der Waals surface area contributed by atoms with E-state index in [1.165, 1.54) is 0 Å². The zero-order valence-electron chi connectivity index (χ0n) is 11.1. The zero-order valence-corrected chi connectivity index (χ0v) is 11.1. The van der Waals surface area contributed by atoms with E-state index in [9.17, 15) is 17.6 Å². The number of alkyl halides is 2. The Morgan fingerprint density at radius 1 is 1.21 bits per heavy atom. The molecule has 2 rings (SSSR count). The molecule has 0 saturated heterocycles. The van der Waals surface area contributed by atoms with Crippen molar-refractivity contribution in [2.45, 2.75) is 51.9 Å². The molecule has 0 aromatic heterocycles. The second kappa shape index (κ2) is 5.14. The molecule has 0 N–H and O–H groups in total. The van der Waals surface area contributed by atoms with E-state index in [4.69, 9.17) is 0 Å². The number of allylic oxidation sites excluding steroid dienone is 6. The molecule has 0 amide bonds. The van der Waals surface area contributed by atoms with E-state index in [1.54, 1.807) is 0 Å². The summed E-state index contributed by atoms with van der Waals surface area (Å²) < 4.78 is 55.0. The van der Waals surface area contributed by atoms with Crippen LogP contribution < -0.4 is 0 Å². The lowest BCUT2D eigenvalue weighted by molar-refractivity contribution is 0.195. The Labute approximate surface area is 110 Å². The number of hydrogen-bond donors (Lipinski definition) is 0. The topological polar surface area (TPSA) is 0 Å². The molecule has 4 heteroatoms. The van der Waals surface area contributed by atoms with Gasteiger partial charge in [0.15, 0.2) is 24.0 Å². The van der Waals surface area contributed by atoms with Gasteiger partial charge in [-0.1, -0.05) is 19.1 Å². The van der Waals surface area contributed by atoms with Gasteiger partial charge in [0.05, 0.1) is 0 Å². The van der Waals surface area contributed by atoms with Crippen molar-refractivity contribution in [1.82, 2.24) is 0 Å². The lowest BCUT2D eigenvalue weighted by atomic mass is 9.74. The van der Waals surface area contributed by atoms with Gasteiger partial charge in [0.2, 0.25) is 0 Å². The summed E-state index contributed by atoms with van der Waals surface area (Å²) in [6.45, 7) is 2.96. The Bertz CT molecular complexity index is 461. The lowest BCUT2D eigenvalue weighted by Crippen LogP contribution is -2.30. The minimum atomic E-state index is -2.08. The second-order valence-corrected chi connectivity index (χ2v) is 5.77. The predicted molar refractivity (Wildman–Crippen MR) is 67.4 cm³/mol.